The van der Waals surface area contributed by atoms with Crippen LogP contribution in [0.3, 0.4) is 0 Å². The van der Waals surface area contributed by atoms with Gasteiger partial charge in [0.1, 0.15) is 11.5 Å². The van der Waals surface area contributed by atoms with E-state index < -0.39 is 11.9 Å². The smallest absolute Gasteiger partial charge is 0.303 e. The molecule has 0 spiro atoms. The van der Waals surface area contributed by atoms with Crippen LogP contribution in [0.1, 0.15) is 32.3 Å². The van der Waals surface area contributed by atoms with Crippen LogP contribution in [0.2, 0.25) is 0 Å². The second-order valence-corrected chi connectivity index (χ2v) is 5.10. The molecule has 3 rings (SSSR count). The molecule has 1 saturated carbocycles. The fourth-order valence-corrected chi connectivity index (χ4v) is 2.11. The molecule has 2 fully saturated rings. The normalized spacial score (nSPS) is 20.8. The second-order valence-electron chi connectivity index (χ2n) is 5.10. The predicted molar refractivity (Wildman–Crippen MR) is 82.2 cm³/mol. The van der Waals surface area contributed by atoms with E-state index in [2.05, 4.69) is 25.7 Å². The number of rotatable bonds is 3. The summed E-state index contributed by atoms with van der Waals surface area (Å²) in [5, 5.41) is 8.89. The Kier molecular flexibility index (Phi) is 3.58. The number of carbonyl (C=O) groups is 2. The van der Waals surface area contributed by atoms with Crippen molar-refractivity contribution in [3.63, 3.8) is 0 Å². The minimum absolute atomic E-state index is 0.175. The van der Waals surface area contributed by atoms with Gasteiger partial charge in [0.05, 0.1) is 12.2 Å². The van der Waals surface area contributed by atoms with E-state index in [9.17, 15) is 9.59 Å². The zero-order valence-corrected chi connectivity index (χ0v) is 12.3. The van der Waals surface area contributed by atoms with E-state index >= 15 is 0 Å². The van der Waals surface area contributed by atoms with E-state index in [1.165, 1.54) is 0 Å². The molecular formula is C14H16N6O2. The van der Waals surface area contributed by atoms with Gasteiger partial charge in [-0.2, -0.15) is 5.10 Å². The number of carbonyl (C=O) groups excluding carboxylic acids is 2. The summed E-state index contributed by atoms with van der Waals surface area (Å²) >= 11 is 0. The van der Waals surface area contributed by atoms with Crippen LogP contribution in [0.5, 0.6) is 0 Å². The topological polar surface area (TPSA) is 101 Å². The molecule has 114 valence electrons. The number of hydrogen-bond acceptors (Lipinski definition) is 5. The molecule has 3 amide bonds. The van der Waals surface area contributed by atoms with Gasteiger partial charge in [0.2, 0.25) is 0 Å². The van der Waals surface area contributed by atoms with Gasteiger partial charge in [0.25, 0.3) is 5.91 Å². The number of nitrogens with zero attached hydrogens (tertiary/aromatic N) is 4. The molecule has 0 aromatic carbocycles. The van der Waals surface area contributed by atoms with Gasteiger partial charge in [0.15, 0.2) is 5.82 Å². The Balaban J connectivity index is 1.98. The molecule has 1 aromatic heterocycles. The fraction of sp³-hybridized carbons (Fsp3) is 0.357. The van der Waals surface area contributed by atoms with Crippen LogP contribution < -0.4 is 10.6 Å². The van der Waals surface area contributed by atoms with Crippen LogP contribution in [0.15, 0.2) is 21.9 Å². The summed E-state index contributed by atoms with van der Waals surface area (Å²) in [6, 6.07) is -0.153. The molecule has 8 nitrogen and oxygen atoms in total. The largest absolute Gasteiger partial charge is 0.326 e. The summed E-state index contributed by atoms with van der Waals surface area (Å²) in [5.41, 5.74) is 0.810. The number of aromatic nitrogens is 2. The molecule has 0 atom stereocenters. The molecule has 1 saturated heterocycles. The number of urea groups is 1. The van der Waals surface area contributed by atoms with Crippen LogP contribution in [0.25, 0.3) is 6.08 Å². The summed E-state index contributed by atoms with van der Waals surface area (Å²) in [6.45, 7) is 3.67. The van der Waals surface area contributed by atoms with Gasteiger partial charge < -0.3 is 5.32 Å². The monoisotopic (exact) mass is 300 g/mol. The first kappa shape index (κ1) is 14.2. The van der Waals surface area contributed by atoms with E-state index in [4.69, 9.17) is 0 Å². The Morgan fingerprint density at radius 2 is 2.18 bits per heavy atom. The first-order valence-electron chi connectivity index (χ1n) is 7.04. The Labute approximate surface area is 127 Å². The minimum Gasteiger partial charge on any atom is -0.303 e. The third-order valence-corrected chi connectivity index (χ3v) is 3.27. The third kappa shape index (κ3) is 2.80. The van der Waals surface area contributed by atoms with Crippen molar-refractivity contribution in [2.24, 2.45) is 9.98 Å². The summed E-state index contributed by atoms with van der Waals surface area (Å²) in [5.74, 6) is 0.867. The van der Waals surface area contributed by atoms with Crippen LogP contribution in [0.4, 0.5) is 10.6 Å². The second kappa shape index (κ2) is 5.55. The molecule has 2 aliphatic rings. The molecule has 8 heteroatoms. The van der Waals surface area contributed by atoms with Crippen LogP contribution in [0, 0.1) is 0 Å². The van der Waals surface area contributed by atoms with Crippen molar-refractivity contribution in [2.75, 3.05) is 0 Å². The molecule has 1 aromatic rings. The maximum absolute atomic E-state index is 11.6. The van der Waals surface area contributed by atoms with Crippen molar-refractivity contribution in [1.82, 2.24) is 20.4 Å². The highest BCUT2D eigenvalue weighted by atomic mass is 16.2. The van der Waals surface area contributed by atoms with E-state index in [-0.39, 0.29) is 5.70 Å². The predicted octanol–water partition coefficient (Wildman–Crippen LogP) is 1.21. The van der Waals surface area contributed by atoms with E-state index in [1.807, 2.05) is 6.92 Å². The van der Waals surface area contributed by atoms with Gasteiger partial charge in [-0.25, -0.2) is 14.5 Å². The Morgan fingerprint density at radius 3 is 2.77 bits per heavy atom. The SMILES string of the molecule is CC=Nc1c(C=C2NC(=O)NC2=O)cnn1C(C)=NC1CC1. The van der Waals surface area contributed by atoms with Crippen LogP contribution in [-0.2, 0) is 4.79 Å². The van der Waals surface area contributed by atoms with Crippen molar-refractivity contribution in [2.45, 2.75) is 32.7 Å². The summed E-state index contributed by atoms with van der Waals surface area (Å²) in [6.07, 6.45) is 7.00. The molecule has 0 bridgehead atoms. The lowest BCUT2D eigenvalue weighted by molar-refractivity contribution is -0.115. The minimum atomic E-state index is -0.532. The summed E-state index contributed by atoms with van der Waals surface area (Å²) < 4.78 is 1.64. The van der Waals surface area contributed by atoms with Gasteiger partial charge in [-0.3, -0.25) is 15.1 Å². The lowest BCUT2D eigenvalue weighted by Crippen LogP contribution is -2.22. The van der Waals surface area contributed by atoms with Gasteiger partial charge >= 0.3 is 6.03 Å². The third-order valence-electron chi connectivity index (χ3n) is 3.27. The zero-order valence-electron chi connectivity index (χ0n) is 12.3. The first-order chi connectivity index (χ1) is 10.6. The van der Waals surface area contributed by atoms with E-state index in [0.29, 0.717) is 17.4 Å². The lowest BCUT2D eigenvalue weighted by atomic mass is 10.2. The number of amides is 3. The molecule has 1 aliphatic heterocycles. The highest BCUT2D eigenvalue weighted by Gasteiger charge is 2.24. The standard InChI is InChI=1S/C14H16N6O2/c1-3-15-12-9(6-11-13(21)19-14(22)18-11)7-16-20(12)8(2)17-10-4-5-10/h3,6-7,10H,4-5H2,1-2H3,(H2,18,19,21,22). The van der Waals surface area contributed by atoms with Gasteiger partial charge in [-0.15, -0.1) is 0 Å². The molecular weight excluding hydrogens is 284 g/mol. The van der Waals surface area contributed by atoms with Crippen LogP contribution >= 0.6 is 0 Å². The van der Waals surface area contributed by atoms with E-state index in [0.717, 1.165) is 18.7 Å². The number of nitrogens with one attached hydrogen (secondary N) is 2. The van der Waals surface area contributed by atoms with E-state index in [1.54, 1.807) is 30.1 Å². The Bertz CT molecular complexity index is 724. The van der Waals surface area contributed by atoms with Crippen molar-refractivity contribution in [1.29, 1.82) is 0 Å². The summed E-state index contributed by atoms with van der Waals surface area (Å²) in [7, 11) is 0. The molecule has 0 unspecified atom stereocenters. The van der Waals surface area contributed by atoms with Gasteiger partial charge in [0, 0.05) is 11.8 Å². The number of aliphatic imine (C=N–C) groups is 2. The molecule has 0 radical (unpaired) electrons. The highest BCUT2D eigenvalue weighted by Crippen LogP contribution is 2.26. The maximum atomic E-state index is 11.6. The first-order valence-corrected chi connectivity index (χ1v) is 7.04. The van der Waals surface area contributed by atoms with Crippen molar-refractivity contribution in [3.05, 3.63) is 17.5 Å². The lowest BCUT2D eigenvalue weighted by Gasteiger charge is -2.04. The van der Waals surface area contributed by atoms with Crippen molar-refractivity contribution in [3.8, 4) is 0 Å². The fourth-order valence-electron chi connectivity index (χ4n) is 2.11. The zero-order chi connectivity index (χ0) is 15.7. The van der Waals surface area contributed by atoms with Gasteiger partial charge in [-0.05, 0) is 32.8 Å². The average Bonchev–Trinajstić information content (AvgIpc) is 3.10. The maximum Gasteiger partial charge on any atom is 0.326 e. The molecule has 22 heavy (non-hydrogen) atoms. The van der Waals surface area contributed by atoms with Crippen molar-refractivity contribution < 1.29 is 9.59 Å². The molecule has 2 N–H and O–H groups in total. The molecule has 1 aliphatic carbocycles. The summed E-state index contributed by atoms with van der Waals surface area (Å²) in [4.78, 5) is 31.6. The van der Waals surface area contributed by atoms with Gasteiger partial charge in [-0.1, -0.05) is 0 Å². The van der Waals surface area contributed by atoms with Crippen molar-refractivity contribution >= 4 is 35.9 Å². The average molecular weight is 300 g/mol. The Hall–Kier alpha value is -2.77. The highest BCUT2D eigenvalue weighted by molar-refractivity contribution is 6.14. The Morgan fingerprint density at radius 1 is 1.41 bits per heavy atom. The quantitative estimate of drug-likeness (QED) is 0.380. The molecule has 2 heterocycles. The number of hydrogen-bond donors (Lipinski definition) is 2. The number of imide groups is 1. The van der Waals surface area contributed by atoms with Crippen LogP contribution in [-0.4, -0.2) is 39.8 Å².